The van der Waals surface area contributed by atoms with E-state index in [-0.39, 0.29) is 0 Å². The van der Waals surface area contributed by atoms with Gasteiger partial charge >= 0.3 is 0 Å². The van der Waals surface area contributed by atoms with E-state index in [0.717, 1.165) is 12.8 Å². The molecule has 0 unspecified atom stereocenters. The summed E-state index contributed by atoms with van der Waals surface area (Å²) in [6.45, 7) is 0. The van der Waals surface area contributed by atoms with Crippen LogP contribution in [0.2, 0.25) is 0 Å². The van der Waals surface area contributed by atoms with Crippen LogP contribution in [0.4, 0.5) is 0 Å². The van der Waals surface area contributed by atoms with Crippen LogP contribution < -0.4 is 0 Å². The number of fused-ring (bicyclic) bond motifs is 2. The average molecular weight is 190 g/mol. The third kappa shape index (κ3) is 1.12. The van der Waals surface area contributed by atoms with Crippen molar-refractivity contribution >= 4 is 0 Å². The van der Waals surface area contributed by atoms with Crippen molar-refractivity contribution in [1.29, 1.82) is 0 Å². The molecule has 3 rings (SSSR count). The van der Waals surface area contributed by atoms with Crippen LogP contribution in [0.15, 0.2) is 23.8 Å². The molecule has 3 atom stereocenters. The van der Waals surface area contributed by atoms with E-state index < -0.39 is 5.60 Å². The number of hydrogen-bond donors (Lipinski definition) is 1. The Bertz CT molecular complexity index is 302. The van der Waals surface area contributed by atoms with Gasteiger partial charge < -0.3 is 5.11 Å². The molecule has 3 aliphatic carbocycles. The highest BCUT2D eigenvalue weighted by molar-refractivity contribution is 5.30. The van der Waals surface area contributed by atoms with Crippen LogP contribution in [0.25, 0.3) is 0 Å². The van der Waals surface area contributed by atoms with E-state index in [4.69, 9.17) is 0 Å². The molecule has 0 radical (unpaired) electrons. The summed E-state index contributed by atoms with van der Waals surface area (Å²) in [6.07, 6.45) is 13.9. The molecular formula is C13H18O. The highest BCUT2D eigenvalue weighted by Gasteiger charge is 2.48. The maximum absolute atomic E-state index is 10.7. The topological polar surface area (TPSA) is 20.2 Å². The first-order chi connectivity index (χ1) is 6.79. The minimum absolute atomic E-state index is 0.428. The average Bonchev–Trinajstić information content (AvgIpc) is 2.79. The van der Waals surface area contributed by atoms with Crippen LogP contribution in [0.5, 0.6) is 0 Å². The quantitative estimate of drug-likeness (QED) is 0.630. The molecule has 0 aromatic carbocycles. The molecule has 3 aliphatic rings. The fourth-order valence-electron chi connectivity index (χ4n) is 3.43. The molecular weight excluding hydrogens is 172 g/mol. The van der Waals surface area contributed by atoms with Gasteiger partial charge in [0, 0.05) is 5.92 Å². The van der Waals surface area contributed by atoms with Gasteiger partial charge in [0.1, 0.15) is 0 Å². The van der Waals surface area contributed by atoms with Gasteiger partial charge in [-0.25, -0.2) is 0 Å². The third-order valence-electron chi connectivity index (χ3n) is 4.21. The standard InChI is InChI=1S/C13H18O/c14-13(11-4-2-1-3-5-11)9-10-6-7-12(13)8-10/h4,6-7,10,12,14H,1-3,5,8-9H2/t10-,12-,13+/m0/s1. The number of allylic oxidation sites excluding steroid dienone is 2. The van der Waals surface area contributed by atoms with Crippen LogP contribution in [0.3, 0.4) is 0 Å². The Labute approximate surface area is 85.5 Å². The van der Waals surface area contributed by atoms with E-state index in [1.165, 1.54) is 31.3 Å². The second-order valence-electron chi connectivity index (χ2n) is 5.09. The fourth-order valence-corrected chi connectivity index (χ4v) is 3.43. The highest BCUT2D eigenvalue weighted by atomic mass is 16.3. The molecule has 1 nitrogen and oxygen atoms in total. The summed E-state index contributed by atoms with van der Waals surface area (Å²) in [4.78, 5) is 0. The largest absolute Gasteiger partial charge is 0.385 e. The van der Waals surface area contributed by atoms with Gasteiger partial charge in [-0.2, -0.15) is 0 Å². The zero-order chi connectivity index (χ0) is 9.60. The maximum Gasteiger partial charge on any atom is 0.0924 e. The normalized spacial score (nSPS) is 45.6. The third-order valence-corrected chi connectivity index (χ3v) is 4.21. The second kappa shape index (κ2) is 2.96. The number of aliphatic hydroxyl groups is 1. The molecule has 1 fully saturated rings. The van der Waals surface area contributed by atoms with E-state index >= 15 is 0 Å². The van der Waals surface area contributed by atoms with Crippen LogP contribution >= 0.6 is 0 Å². The van der Waals surface area contributed by atoms with E-state index in [9.17, 15) is 5.11 Å². The predicted octanol–water partition coefficient (Wildman–Crippen LogP) is 2.81. The first-order valence-electron chi connectivity index (χ1n) is 5.89. The maximum atomic E-state index is 10.7. The lowest BCUT2D eigenvalue weighted by Gasteiger charge is -2.34. The number of hydrogen-bond acceptors (Lipinski definition) is 1. The predicted molar refractivity (Wildman–Crippen MR) is 56.9 cm³/mol. The zero-order valence-corrected chi connectivity index (χ0v) is 8.58. The molecule has 0 aliphatic heterocycles. The summed E-state index contributed by atoms with van der Waals surface area (Å²) >= 11 is 0. The van der Waals surface area contributed by atoms with Crippen molar-refractivity contribution in [2.24, 2.45) is 11.8 Å². The van der Waals surface area contributed by atoms with Gasteiger partial charge in [0.2, 0.25) is 0 Å². The van der Waals surface area contributed by atoms with E-state index in [2.05, 4.69) is 18.2 Å². The summed E-state index contributed by atoms with van der Waals surface area (Å²) in [7, 11) is 0. The summed E-state index contributed by atoms with van der Waals surface area (Å²) < 4.78 is 0. The van der Waals surface area contributed by atoms with Crippen LogP contribution in [-0.2, 0) is 0 Å². The molecule has 0 aromatic heterocycles. The fraction of sp³-hybridized carbons (Fsp3) is 0.692. The molecule has 1 heteroatoms. The lowest BCUT2D eigenvalue weighted by atomic mass is 9.77. The van der Waals surface area contributed by atoms with Gasteiger partial charge in [-0.3, -0.25) is 0 Å². The van der Waals surface area contributed by atoms with Crippen molar-refractivity contribution in [2.45, 2.75) is 44.1 Å². The van der Waals surface area contributed by atoms with E-state index in [1.807, 2.05) is 0 Å². The lowest BCUT2D eigenvalue weighted by Crippen LogP contribution is -2.36. The summed E-state index contributed by atoms with van der Waals surface area (Å²) in [6, 6.07) is 0. The SMILES string of the molecule is O[C@@]1(C2=CCCCC2)C[C@H]2C=C[C@H]1C2. The van der Waals surface area contributed by atoms with Crippen molar-refractivity contribution in [2.75, 3.05) is 0 Å². The van der Waals surface area contributed by atoms with Crippen molar-refractivity contribution in [3.63, 3.8) is 0 Å². The van der Waals surface area contributed by atoms with Gasteiger partial charge in [-0.15, -0.1) is 0 Å². The summed E-state index contributed by atoms with van der Waals surface area (Å²) in [5.74, 6) is 1.09. The monoisotopic (exact) mass is 190 g/mol. The molecule has 1 saturated carbocycles. The Kier molecular flexibility index (Phi) is 1.85. The van der Waals surface area contributed by atoms with Gasteiger partial charge in [-0.1, -0.05) is 18.2 Å². The van der Waals surface area contributed by atoms with Gasteiger partial charge in [-0.05, 0) is 50.0 Å². The molecule has 0 saturated heterocycles. The Morgan fingerprint density at radius 2 is 2.21 bits per heavy atom. The molecule has 0 aromatic rings. The first-order valence-corrected chi connectivity index (χ1v) is 5.89. The summed E-state index contributed by atoms with van der Waals surface area (Å²) in [5, 5.41) is 10.7. The number of rotatable bonds is 1. The minimum atomic E-state index is -0.445. The van der Waals surface area contributed by atoms with Gasteiger partial charge in [0.25, 0.3) is 0 Å². The molecule has 2 bridgehead atoms. The molecule has 14 heavy (non-hydrogen) atoms. The van der Waals surface area contributed by atoms with Crippen LogP contribution in [-0.4, -0.2) is 10.7 Å². The highest BCUT2D eigenvalue weighted by Crippen LogP contribution is 2.51. The Balaban J connectivity index is 1.90. The molecule has 1 N–H and O–H groups in total. The van der Waals surface area contributed by atoms with E-state index in [1.54, 1.807) is 0 Å². The van der Waals surface area contributed by atoms with Crippen LogP contribution in [0.1, 0.15) is 38.5 Å². The van der Waals surface area contributed by atoms with Crippen molar-refractivity contribution < 1.29 is 5.11 Å². The Morgan fingerprint density at radius 3 is 2.79 bits per heavy atom. The smallest absolute Gasteiger partial charge is 0.0924 e. The second-order valence-corrected chi connectivity index (χ2v) is 5.09. The first kappa shape index (κ1) is 8.72. The van der Waals surface area contributed by atoms with Crippen molar-refractivity contribution in [3.8, 4) is 0 Å². The molecule has 0 spiro atoms. The Hall–Kier alpha value is -0.560. The van der Waals surface area contributed by atoms with Crippen molar-refractivity contribution in [3.05, 3.63) is 23.8 Å². The molecule has 0 amide bonds. The van der Waals surface area contributed by atoms with Crippen LogP contribution in [0, 0.1) is 11.8 Å². The van der Waals surface area contributed by atoms with Gasteiger partial charge in [0.15, 0.2) is 0 Å². The lowest BCUT2D eigenvalue weighted by molar-refractivity contribution is 0.0473. The molecule has 0 heterocycles. The van der Waals surface area contributed by atoms with Crippen molar-refractivity contribution in [1.82, 2.24) is 0 Å². The van der Waals surface area contributed by atoms with E-state index in [0.29, 0.717) is 11.8 Å². The van der Waals surface area contributed by atoms with Gasteiger partial charge in [0.05, 0.1) is 5.60 Å². The Morgan fingerprint density at radius 1 is 1.29 bits per heavy atom. The zero-order valence-electron chi connectivity index (χ0n) is 8.58. The molecule has 76 valence electrons. The summed E-state index contributed by atoms with van der Waals surface area (Å²) in [5.41, 5.74) is 0.903. The minimum Gasteiger partial charge on any atom is -0.385 e.